The number of nitrogens with zero attached hydrogens (tertiary/aromatic N) is 2. The molecule has 1 aromatic heterocycles. The molecule has 11 aromatic rings. The predicted octanol–water partition coefficient (Wildman–Crippen LogP) is 13.9. The quantitative estimate of drug-likeness (QED) is 0.131. The molecule has 56 heavy (non-hydrogen) atoms. The van der Waals surface area contributed by atoms with Gasteiger partial charge in [-0.25, -0.2) is 0 Å². The molecule has 1 heterocycles. The first kappa shape index (κ1) is 32.0. The van der Waals surface area contributed by atoms with Gasteiger partial charge in [0.25, 0.3) is 0 Å². The Morgan fingerprint density at radius 1 is 0.321 bits per heavy atom. The smallest absolute Gasteiger partial charge is 0.197 e. The molecule has 262 valence electrons. The van der Waals surface area contributed by atoms with Gasteiger partial charge in [-0.2, -0.15) is 0 Å². The summed E-state index contributed by atoms with van der Waals surface area (Å²) >= 11 is 0. The van der Waals surface area contributed by atoms with Crippen molar-refractivity contribution in [2.75, 3.05) is 4.90 Å². The van der Waals surface area contributed by atoms with Gasteiger partial charge in [0.1, 0.15) is 0 Å². The number of pyridine rings is 1. The number of hydrogen-bond donors (Lipinski definition) is 0. The molecule has 0 spiro atoms. The van der Waals surface area contributed by atoms with E-state index in [4.69, 9.17) is 0 Å². The Kier molecular flexibility index (Phi) is 7.33. The number of anilines is 3. The minimum Gasteiger partial charge on any atom is -0.310 e. The number of aromatic nitrogens is 1. The third kappa shape index (κ3) is 5.17. The van der Waals surface area contributed by atoms with Crippen LogP contribution in [0.4, 0.5) is 17.1 Å². The molecule has 0 aliphatic rings. The highest BCUT2D eigenvalue weighted by molar-refractivity contribution is 6.10. The average molecular weight is 715 g/mol. The van der Waals surface area contributed by atoms with E-state index in [2.05, 4.69) is 167 Å². The van der Waals surface area contributed by atoms with Gasteiger partial charge in [-0.1, -0.05) is 133 Å². The standard InChI is InChI=1S/C53H34N2O/c56-53-49-16-5-7-18-51(49)55(52-19-8-6-17-50(52)53)42-13-9-12-38(32-42)35-24-26-41(27-25-35)54(43-28-30-47-39(33-43)22-20-36-10-1-3-14-45(36)47)44-29-31-48-40(34-44)23-21-37-11-2-4-15-46(37)48/h1-34H. The van der Waals surface area contributed by atoms with E-state index >= 15 is 0 Å². The SMILES string of the molecule is O=c1c2ccccc2n(-c2cccc(-c3ccc(N(c4ccc5c(ccc6ccccc65)c4)c4ccc5c(ccc6ccccc65)c4)cc3)c2)c2ccccc12. The lowest BCUT2D eigenvalue weighted by atomic mass is 9.99. The molecule has 0 bridgehead atoms. The van der Waals surface area contributed by atoms with Gasteiger partial charge >= 0.3 is 0 Å². The van der Waals surface area contributed by atoms with Crippen molar-refractivity contribution in [3.8, 4) is 16.8 Å². The molecule has 0 amide bonds. The molecular weight excluding hydrogens is 681 g/mol. The number of hydrogen-bond acceptors (Lipinski definition) is 2. The van der Waals surface area contributed by atoms with E-state index in [0.717, 1.165) is 44.9 Å². The zero-order valence-corrected chi connectivity index (χ0v) is 30.4. The Labute approximate surface area is 323 Å². The van der Waals surface area contributed by atoms with E-state index in [1.165, 1.54) is 43.1 Å². The second-order valence-electron chi connectivity index (χ2n) is 14.5. The lowest BCUT2D eigenvalue weighted by Crippen LogP contribution is -2.10. The summed E-state index contributed by atoms with van der Waals surface area (Å²) in [6.45, 7) is 0. The Balaban J connectivity index is 1.04. The van der Waals surface area contributed by atoms with Crippen molar-refractivity contribution in [3.63, 3.8) is 0 Å². The normalized spacial score (nSPS) is 11.6. The van der Waals surface area contributed by atoms with Crippen LogP contribution in [0.1, 0.15) is 0 Å². The molecule has 0 saturated carbocycles. The lowest BCUT2D eigenvalue weighted by Gasteiger charge is -2.26. The molecule has 0 aliphatic heterocycles. The number of fused-ring (bicyclic) bond motifs is 8. The van der Waals surface area contributed by atoms with Crippen LogP contribution in [-0.2, 0) is 0 Å². The van der Waals surface area contributed by atoms with Crippen molar-refractivity contribution in [2.45, 2.75) is 0 Å². The molecule has 3 heteroatoms. The molecule has 0 N–H and O–H groups in total. The maximum Gasteiger partial charge on any atom is 0.197 e. The minimum absolute atomic E-state index is 0.0586. The summed E-state index contributed by atoms with van der Waals surface area (Å²) < 4.78 is 2.21. The van der Waals surface area contributed by atoms with E-state index in [0.29, 0.717) is 10.8 Å². The molecule has 0 saturated heterocycles. The molecule has 0 aliphatic carbocycles. The van der Waals surface area contributed by atoms with Crippen LogP contribution in [0.15, 0.2) is 211 Å². The van der Waals surface area contributed by atoms with Crippen molar-refractivity contribution in [1.82, 2.24) is 4.57 Å². The molecule has 3 nitrogen and oxygen atoms in total. The highest BCUT2D eigenvalue weighted by Crippen LogP contribution is 2.40. The molecule has 0 fully saturated rings. The highest BCUT2D eigenvalue weighted by Gasteiger charge is 2.17. The van der Waals surface area contributed by atoms with Gasteiger partial charge in [-0.05, 0) is 127 Å². The molecule has 0 unspecified atom stereocenters. The van der Waals surface area contributed by atoms with Crippen molar-refractivity contribution in [1.29, 1.82) is 0 Å². The van der Waals surface area contributed by atoms with Crippen molar-refractivity contribution in [2.24, 2.45) is 0 Å². The van der Waals surface area contributed by atoms with E-state index in [1.807, 2.05) is 48.5 Å². The fraction of sp³-hybridized carbons (Fsp3) is 0. The minimum atomic E-state index is 0.0586. The van der Waals surface area contributed by atoms with Gasteiger partial charge in [0.15, 0.2) is 5.43 Å². The fourth-order valence-electron chi connectivity index (χ4n) is 8.63. The van der Waals surface area contributed by atoms with Gasteiger partial charge in [-0.15, -0.1) is 0 Å². The van der Waals surface area contributed by atoms with E-state index in [9.17, 15) is 4.79 Å². The first-order chi connectivity index (χ1) is 27.7. The second kappa shape index (κ2) is 12.8. The predicted molar refractivity (Wildman–Crippen MR) is 237 cm³/mol. The summed E-state index contributed by atoms with van der Waals surface area (Å²) in [5.74, 6) is 0. The van der Waals surface area contributed by atoms with Gasteiger partial charge in [-0.3, -0.25) is 4.79 Å². The van der Waals surface area contributed by atoms with Crippen molar-refractivity contribution >= 4 is 82.0 Å². The number of benzene rings is 10. The summed E-state index contributed by atoms with van der Waals surface area (Å²) in [5, 5.41) is 11.3. The van der Waals surface area contributed by atoms with E-state index < -0.39 is 0 Å². The summed E-state index contributed by atoms with van der Waals surface area (Å²) in [5.41, 5.74) is 8.33. The topological polar surface area (TPSA) is 25.2 Å². The number of rotatable bonds is 5. The Morgan fingerprint density at radius 3 is 1.36 bits per heavy atom. The summed E-state index contributed by atoms with van der Waals surface area (Å²) in [6.07, 6.45) is 0. The van der Waals surface area contributed by atoms with Crippen LogP contribution in [0.5, 0.6) is 0 Å². The zero-order valence-electron chi connectivity index (χ0n) is 30.4. The van der Waals surface area contributed by atoms with Crippen LogP contribution in [0.25, 0.3) is 81.7 Å². The van der Waals surface area contributed by atoms with Crippen LogP contribution in [0.2, 0.25) is 0 Å². The summed E-state index contributed by atoms with van der Waals surface area (Å²) in [4.78, 5) is 15.8. The fourth-order valence-corrected chi connectivity index (χ4v) is 8.63. The van der Waals surface area contributed by atoms with Gasteiger partial charge in [0, 0.05) is 33.5 Å². The van der Waals surface area contributed by atoms with E-state index in [1.54, 1.807) is 0 Å². The van der Waals surface area contributed by atoms with Crippen LogP contribution >= 0.6 is 0 Å². The lowest BCUT2D eigenvalue weighted by molar-refractivity contribution is 1.16. The number of para-hydroxylation sites is 2. The third-order valence-corrected chi connectivity index (χ3v) is 11.3. The van der Waals surface area contributed by atoms with Crippen molar-refractivity contribution in [3.05, 3.63) is 216 Å². The molecule has 0 atom stereocenters. The van der Waals surface area contributed by atoms with E-state index in [-0.39, 0.29) is 5.43 Å². The second-order valence-corrected chi connectivity index (χ2v) is 14.5. The first-order valence-electron chi connectivity index (χ1n) is 19.0. The maximum atomic E-state index is 13.5. The summed E-state index contributed by atoms with van der Waals surface area (Å²) in [7, 11) is 0. The summed E-state index contributed by atoms with van der Waals surface area (Å²) in [6, 6.07) is 73.0. The molecule has 10 aromatic carbocycles. The van der Waals surface area contributed by atoms with Crippen LogP contribution in [0.3, 0.4) is 0 Å². The highest BCUT2D eigenvalue weighted by atomic mass is 16.1. The maximum absolute atomic E-state index is 13.5. The van der Waals surface area contributed by atoms with Crippen molar-refractivity contribution < 1.29 is 0 Å². The first-order valence-corrected chi connectivity index (χ1v) is 19.0. The van der Waals surface area contributed by atoms with Crippen LogP contribution in [0, 0.1) is 0 Å². The van der Waals surface area contributed by atoms with Gasteiger partial charge in [0.2, 0.25) is 0 Å². The third-order valence-electron chi connectivity index (χ3n) is 11.3. The van der Waals surface area contributed by atoms with Gasteiger partial charge in [0.05, 0.1) is 11.0 Å². The van der Waals surface area contributed by atoms with Crippen LogP contribution in [-0.4, -0.2) is 4.57 Å². The monoisotopic (exact) mass is 714 g/mol. The Bertz CT molecular complexity index is 3220. The van der Waals surface area contributed by atoms with Gasteiger partial charge < -0.3 is 9.47 Å². The Morgan fingerprint density at radius 2 is 0.786 bits per heavy atom. The van der Waals surface area contributed by atoms with Crippen LogP contribution < -0.4 is 10.3 Å². The average Bonchev–Trinajstić information content (AvgIpc) is 3.27. The zero-order chi connectivity index (χ0) is 37.2. The molecule has 0 radical (unpaired) electrons. The Hall–Kier alpha value is -7.49. The molecular formula is C53H34N2O. The molecule has 11 rings (SSSR count). The largest absolute Gasteiger partial charge is 0.310 e.